The molecule has 1 aliphatic rings. The van der Waals surface area contributed by atoms with E-state index in [-0.39, 0.29) is 10.8 Å². The zero-order chi connectivity index (χ0) is 26.8. The maximum atomic E-state index is 11.4. The van der Waals surface area contributed by atoms with Crippen LogP contribution in [0.25, 0.3) is 0 Å². The molecule has 194 valence electrons. The number of phenols is 1. The second-order valence-corrected chi connectivity index (χ2v) is 18.0. The van der Waals surface area contributed by atoms with Crippen LogP contribution in [0.15, 0.2) is 93.8 Å². The van der Waals surface area contributed by atoms with Gasteiger partial charge < -0.3 is 5.11 Å². The molecule has 0 bridgehead atoms. The van der Waals surface area contributed by atoms with Gasteiger partial charge in [-0.05, 0) is 63.2 Å². The lowest BCUT2D eigenvalue weighted by atomic mass is 9.79. The smallest absolute Gasteiger partial charge is 0.126 e. The highest BCUT2D eigenvalue weighted by Gasteiger charge is 2.25. The average molecular weight is 623 g/mol. The van der Waals surface area contributed by atoms with Crippen molar-refractivity contribution in [1.82, 2.24) is 0 Å². The molecule has 0 aromatic heterocycles. The van der Waals surface area contributed by atoms with Crippen molar-refractivity contribution in [2.75, 3.05) is 0 Å². The van der Waals surface area contributed by atoms with Gasteiger partial charge in [0.05, 0.1) is 0 Å². The summed E-state index contributed by atoms with van der Waals surface area (Å²) in [5.41, 5.74) is 3.08. The van der Waals surface area contributed by atoms with E-state index >= 15 is 0 Å². The Kier molecular flexibility index (Phi) is 8.51. The van der Waals surface area contributed by atoms with Crippen molar-refractivity contribution >= 4 is 45.9 Å². The number of allylic oxidation sites excluding steroid dienone is 4. The van der Waals surface area contributed by atoms with Gasteiger partial charge >= 0.3 is 0 Å². The molecule has 1 N–H and O–H groups in total. The minimum Gasteiger partial charge on any atom is -0.507 e. The monoisotopic (exact) mass is 622 g/mol. The number of halogens is 1. The Bertz CT molecular complexity index is 1350. The number of phenolic OH excluding ortho intramolecular Hbond substituents is 1. The van der Waals surface area contributed by atoms with Gasteiger partial charge in [-0.3, -0.25) is 0 Å². The quantitative estimate of drug-likeness (QED) is 0.223. The first-order valence-electron chi connectivity index (χ1n) is 13.0. The van der Waals surface area contributed by atoms with Crippen LogP contribution in [-0.4, -0.2) is 13.6 Å². The van der Waals surface area contributed by atoms with Crippen molar-refractivity contribution < 1.29 is 5.11 Å². The molecule has 0 heterocycles. The van der Waals surface area contributed by atoms with E-state index in [0.29, 0.717) is 5.75 Å². The van der Waals surface area contributed by atoms with Crippen LogP contribution in [0, 0.1) is 0 Å². The van der Waals surface area contributed by atoms with Crippen LogP contribution < -0.4 is 10.6 Å². The maximum Gasteiger partial charge on any atom is 0.126 e. The molecule has 0 amide bonds. The fourth-order valence-corrected chi connectivity index (χ4v) is 12.0. The summed E-state index contributed by atoms with van der Waals surface area (Å²) in [7, 11) is -0.628. The van der Waals surface area contributed by atoms with Crippen molar-refractivity contribution in [2.45, 2.75) is 65.2 Å². The average Bonchev–Trinajstić information content (AvgIpc) is 2.85. The minimum absolute atomic E-state index is 0.000608. The molecule has 0 unspecified atom stereocenters. The Morgan fingerprint density at radius 3 is 1.92 bits per heavy atom. The van der Waals surface area contributed by atoms with Gasteiger partial charge in [-0.25, -0.2) is 0 Å². The zero-order valence-corrected chi connectivity index (χ0v) is 26.1. The van der Waals surface area contributed by atoms with Crippen LogP contribution in [0.5, 0.6) is 5.75 Å². The summed E-state index contributed by atoms with van der Waals surface area (Å²) in [6.45, 7) is 13.3. The van der Waals surface area contributed by atoms with Gasteiger partial charge in [-0.1, -0.05) is 125 Å². The van der Waals surface area contributed by atoms with Gasteiger partial charge in [0.25, 0.3) is 0 Å². The normalized spacial score (nSPS) is 15.4. The van der Waals surface area contributed by atoms with Crippen LogP contribution in [0.2, 0.25) is 0 Å². The Labute approximate surface area is 231 Å². The molecule has 0 radical (unpaired) electrons. The Morgan fingerprint density at radius 1 is 0.838 bits per heavy atom. The Balaban J connectivity index is 1.92. The van der Waals surface area contributed by atoms with Gasteiger partial charge in [-0.2, -0.15) is 0 Å². The Morgan fingerprint density at radius 2 is 1.41 bits per heavy atom. The van der Waals surface area contributed by atoms with Crippen molar-refractivity contribution in [2.24, 2.45) is 0 Å². The summed E-state index contributed by atoms with van der Waals surface area (Å²) >= 11 is -1.99. The van der Waals surface area contributed by atoms with E-state index in [1.165, 1.54) is 19.8 Å². The van der Waals surface area contributed by atoms with Crippen molar-refractivity contribution in [3.05, 3.63) is 111 Å². The van der Waals surface area contributed by atoms with Crippen molar-refractivity contribution in [1.29, 1.82) is 0 Å². The molecule has 1 aliphatic carbocycles. The molecule has 37 heavy (non-hydrogen) atoms. The molecule has 1 nitrogen and oxygen atoms in total. The summed E-state index contributed by atoms with van der Waals surface area (Å²) < 4.78 is 8.56. The third-order valence-electron chi connectivity index (χ3n) is 6.71. The molecule has 3 aromatic carbocycles. The third kappa shape index (κ3) is 6.47. The largest absolute Gasteiger partial charge is 0.507 e. The second-order valence-electron chi connectivity index (χ2n) is 11.7. The van der Waals surface area contributed by atoms with Crippen LogP contribution in [-0.2, 0) is 10.8 Å². The number of hydrogen-bond acceptors (Lipinski definition) is 1. The van der Waals surface area contributed by atoms with Gasteiger partial charge in [0, 0.05) is 14.7 Å². The molecule has 3 aromatic rings. The van der Waals surface area contributed by atoms with E-state index in [4.69, 9.17) is 4.51 Å². The molecule has 0 fully saturated rings. The summed E-state index contributed by atoms with van der Waals surface area (Å²) in [5, 5.41) is 15.8. The van der Waals surface area contributed by atoms with Gasteiger partial charge in [0.1, 0.15) is 5.75 Å². The highest BCUT2D eigenvalue weighted by molar-refractivity contribution is 14.2. The topological polar surface area (TPSA) is 20.2 Å². The SMILES string of the molecule is C=I(=Cc1cc(C(C)(C)C)cc(C(C)(C)C)c1O)C1=C(P(c2ccccc2)c2ccccc2)CCC=C1. The van der Waals surface area contributed by atoms with Gasteiger partial charge in [-0.15, -0.1) is 18.9 Å². The first-order chi connectivity index (χ1) is 17.5. The van der Waals surface area contributed by atoms with Crippen LogP contribution in [0.3, 0.4) is 0 Å². The third-order valence-corrected chi connectivity index (χ3v) is 13.7. The highest BCUT2D eigenvalue weighted by atomic mass is 127. The lowest BCUT2D eigenvalue weighted by Crippen LogP contribution is -2.17. The zero-order valence-electron chi connectivity index (χ0n) is 23.1. The van der Waals surface area contributed by atoms with E-state index < -0.39 is 26.8 Å². The predicted molar refractivity (Wildman–Crippen MR) is 176 cm³/mol. The summed E-state index contributed by atoms with van der Waals surface area (Å²) in [6.07, 6.45) is 6.81. The minimum atomic E-state index is -1.99. The highest BCUT2D eigenvalue weighted by Crippen LogP contribution is 2.52. The molecule has 0 saturated carbocycles. The van der Waals surface area contributed by atoms with E-state index in [1.807, 2.05) is 0 Å². The van der Waals surface area contributed by atoms with Crippen LogP contribution in [0.4, 0.5) is 0 Å². The number of aromatic hydroxyl groups is 1. The lowest BCUT2D eigenvalue weighted by molar-refractivity contribution is 0.444. The molecule has 0 spiro atoms. The first-order valence-corrected chi connectivity index (χ1v) is 18.2. The predicted octanol–water partition coefficient (Wildman–Crippen LogP) is 8.77. The molecule has 4 rings (SSSR count). The summed E-state index contributed by atoms with van der Waals surface area (Å²) in [6, 6.07) is 26.3. The molecule has 3 heteroatoms. The summed E-state index contributed by atoms with van der Waals surface area (Å²) in [4.78, 5) is 0. The van der Waals surface area contributed by atoms with Crippen molar-refractivity contribution in [3.8, 4) is 5.75 Å². The van der Waals surface area contributed by atoms with E-state index in [1.54, 1.807) is 5.31 Å². The van der Waals surface area contributed by atoms with Crippen LogP contribution in [0.1, 0.15) is 71.1 Å². The van der Waals surface area contributed by atoms with E-state index in [0.717, 1.165) is 24.0 Å². The van der Waals surface area contributed by atoms with E-state index in [9.17, 15) is 5.11 Å². The molecule has 0 saturated heterocycles. The molecular formula is C34H40IOP. The number of rotatable bonds is 5. The number of benzene rings is 3. The van der Waals surface area contributed by atoms with Gasteiger partial charge in [0.2, 0.25) is 0 Å². The number of hydrogen-bond donors (Lipinski definition) is 1. The lowest BCUT2D eigenvalue weighted by Gasteiger charge is -2.27. The fourth-order valence-electron chi connectivity index (χ4n) is 4.62. The molecule has 0 atom stereocenters. The van der Waals surface area contributed by atoms with E-state index in [2.05, 4.69) is 131 Å². The molecule has 0 aliphatic heterocycles. The second kappa shape index (κ2) is 11.3. The fraction of sp³-hybridized carbons (Fsp3) is 0.294. The maximum absolute atomic E-state index is 11.4. The van der Waals surface area contributed by atoms with Crippen molar-refractivity contribution in [3.63, 3.8) is 0 Å². The standard InChI is InChI=1S/C34H40IOP/c1-33(2,3)26-22-25(32(36)29(23-26)34(4,5)6)24-35(7)30-20-14-15-21-31(30)37(27-16-10-8-11-17-27)28-18-12-9-13-19-28/h8-14,16-20,22-24,36H,7,15,21H2,1-6H3. The van der Waals surface area contributed by atoms with Crippen LogP contribution >= 0.6 is 26.8 Å². The molecular weight excluding hydrogens is 582 g/mol. The first kappa shape index (κ1) is 27.9. The Hall–Kier alpha value is -2.16. The summed E-state index contributed by atoms with van der Waals surface area (Å²) in [5.74, 6) is 0.418. The van der Waals surface area contributed by atoms with Gasteiger partial charge in [0.15, 0.2) is 0 Å².